The Balaban J connectivity index is 1.75. The molecule has 2 amide bonds. The summed E-state index contributed by atoms with van der Waals surface area (Å²) >= 11 is 0. The number of likely N-dealkylation sites (N-methyl/N-ethyl adjacent to an activating group) is 1. The minimum atomic E-state index is -0.416. The van der Waals surface area contributed by atoms with Crippen LogP contribution in [0.15, 0.2) is 48.5 Å². The monoisotopic (exact) mass is 460 g/mol. The van der Waals surface area contributed by atoms with Crippen LogP contribution in [0.25, 0.3) is 22.8 Å². The van der Waals surface area contributed by atoms with E-state index in [0.29, 0.717) is 45.9 Å². The number of H-pyrrole nitrogens is 1. The molecular formula is C27H29FN4O2. The van der Waals surface area contributed by atoms with Gasteiger partial charge in [-0.1, -0.05) is 44.2 Å². The Bertz CT molecular complexity index is 1240. The number of aromatic amines is 1. The van der Waals surface area contributed by atoms with Gasteiger partial charge in [0.15, 0.2) is 0 Å². The van der Waals surface area contributed by atoms with Crippen LogP contribution in [-0.2, 0) is 4.79 Å². The van der Waals surface area contributed by atoms with Crippen LogP contribution < -0.4 is 10.6 Å². The van der Waals surface area contributed by atoms with E-state index in [9.17, 15) is 14.0 Å². The highest BCUT2D eigenvalue weighted by molar-refractivity contribution is 6.35. The summed E-state index contributed by atoms with van der Waals surface area (Å²) in [6.07, 6.45) is 1.70. The van der Waals surface area contributed by atoms with E-state index >= 15 is 0 Å². The lowest BCUT2D eigenvalue weighted by Gasteiger charge is -2.18. The van der Waals surface area contributed by atoms with E-state index in [1.807, 2.05) is 37.3 Å². The van der Waals surface area contributed by atoms with Gasteiger partial charge in [-0.25, -0.2) is 4.39 Å². The average Bonchev–Trinajstić information content (AvgIpc) is 3.33. The molecule has 6 nitrogen and oxygen atoms in total. The number of fused-ring (bicyclic) bond motifs is 1. The summed E-state index contributed by atoms with van der Waals surface area (Å²) in [5.41, 5.74) is 4.84. The van der Waals surface area contributed by atoms with E-state index in [4.69, 9.17) is 0 Å². The number of aryl methyl sites for hydroxylation is 1. The Morgan fingerprint density at radius 3 is 2.56 bits per heavy atom. The third kappa shape index (κ3) is 4.65. The summed E-state index contributed by atoms with van der Waals surface area (Å²) in [6.45, 7) is 9.18. The molecule has 34 heavy (non-hydrogen) atoms. The quantitative estimate of drug-likeness (QED) is 0.427. The van der Waals surface area contributed by atoms with E-state index in [2.05, 4.69) is 34.4 Å². The first-order valence-corrected chi connectivity index (χ1v) is 11.5. The summed E-state index contributed by atoms with van der Waals surface area (Å²) in [5.74, 6) is -0.899. The summed E-state index contributed by atoms with van der Waals surface area (Å²) in [7, 11) is 0. The van der Waals surface area contributed by atoms with Crippen molar-refractivity contribution in [1.29, 1.82) is 0 Å². The molecule has 1 aromatic heterocycles. The predicted octanol–water partition coefficient (Wildman–Crippen LogP) is 4.69. The molecule has 3 N–H and O–H groups in total. The van der Waals surface area contributed by atoms with Crippen LogP contribution in [0.5, 0.6) is 0 Å². The first kappa shape index (κ1) is 23.4. The van der Waals surface area contributed by atoms with E-state index in [1.54, 1.807) is 12.1 Å². The second-order valence-electron chi connectivity index (χ2n) is 8.26. The number of benzene rings is 2. The Labute approximate surface area is 198 Å². The van der Waals surface area contributed by atoms with E-state index in [1.165, 1.54) is 12.1 Å². The van der Waals surface area contributed by atoms with Crippen molar-refractivity contribution in [3.05, 3.63) is 76.9 Å². The van der Waals surface area contributed by atoms with Gasteiger partial charge in [0.2, 0.25) is 0 Å². The number of hydrogen-bond acceptors (Lipinski definition) is 3. The number of hydrogen-bond donors (Lipinski definition) is 3. The second kappa shape index (κ2) is 10.1. The van der Waals surface area contributed by atoms with E-state index in [-0.39, 0.29) is 11.8 Å². The smallest absolute Gasteiger partial charge is 0.256 e. The molecule has 2 heterocycles. The zero-order valence-electron chi connectivity index (χ0n) is 19.7. The van der Waals surface area contributed by atoms with Crippen LogP contribution in [0, 0.1) is 12.7 Å². The van der Waals surface area contributed by atoms with Crippen LogP contribution in [-0.4, -0.2) is 47.9 Å². The average molecular weight is 461 g/mol. The number of nitrogens with zero attached hydrogens (tertiary/aromatic N) is 1. The molecule has 7 heteroatoms. The van der Waals surface area contributed by atoms with Crippen molar-refractivity contribution in [1.82, 2.24) is 15.2 Å². The molecule has 2 aromatic carbocycles. The van der Waals surface area contributed by atoms with Crippen LogP contribution >= 0.6 is 0 Å². The van der Waals surface area contributed by atoms with Gasteiger partial charge in [0.1, 0.15) is 5.82 Å². The summed E-state index contributed by atoms with van der Waals surface area (Å²) < 4.78 is 13.9. The Kier molecular flexibility index (Phi) is 6.93. The summed E-state index contributed by atoms with van der Waals surface area (Å²) in [6, 6.07) is 13.8. The highest BCUT2D eigenvalue weighted by Crippen LogP contribution is 2.37. The van der Waals surface area contributed by atoms with Gasteiger partial charge in [-0.3, -0.25) is 9.59 Å². The number of rotatable bonds is 8. The maximum absolute atomic E-state index is 13.9. The van der Waals surface area contributed by atoms with Crippen molar-refractivity contribution >= 4 is 29.2 Å². The van der Waals surface area contributed by atoms with Crippen molar-refractivity contribution in [3.63, 3.8) is 0 Å². The Morgan fingerprint density at radius 1 is 1.12 bits per heavy atom. The van der Waals surface area contributed by atoms with Crippen LogP contribution in [0.1, 0.15) is 41.2 Å². The molecular weight excluding hydrogens is 431 g/mol. The molecule has 0 spiro atoms. The van der Waals surface area contributed by atoms with Crippen molar-refractivity contribution < 1.29 is 14.0 Å². The molecule has 0 saturated carbocycles. The fraction of sp³-hybridized carbons (Fsp3) is 0.259. The number of halogens is 1. The van der Waals surface area contributed by atoms with Gasteiger partial charge in [-0.05, 0) is 49.9 Å². The number of nitrogens with one attached hydrogen (secondary N) is 3. The standard InChI is InChI=1S/C27H29FN4O2/c1-4-32(5-2)14-13-29-27(34)24-17(3)30-23(25(24)18-9-7-6-8-10-18)16-21-20-15-19(28)11-12-22(20)31-26(21)33/h6-12,15-16,30H,4-5,13-14H2,1-3H3,(H,29,34)(H,31,33). The molecule has 4 rings (SSSR count). The molecule has 0 unspecified atom stereocenters. The SMILES string of the molecule is CCN(CC)CCNC(=O)c1c(C)[nH]c(C=C2C(=O)Nc3ccc(F)cc32)c1-c1ccccc1. The van der Waals surface area contributed by atoms with Crippen molar-refractivity contribution in [2.24, 2.45) is 0 Å². The Hall–Kier alpha value is -3.71. The molecule has 0 saturated heterocycles. The highest BCUT2D eigenvalue weighted by Gasteiger charge is 2.27. The van der Waals surface area contributed by atoms with Gasteiger partial charge in [0, 0.05) is 41.3 Å². The summed E-state index contributed by atoms with van der Waals surface area (Å²) in [4.78, 5) is 31.5. The minimum absolute atomic E-state index is 0.174. The third-order valence-electron chi connectivity index (χ3n) is 6.17. The zero-order valence-corrected chi connectivity index (χ0v) is 19.7. The van der Waals surface area contributed by atoms with Crippen LogP contribution in [0.2, 0.25) is 0 Å². The highest BCUT2D eigenvalue weighted by atomic mass is 19.1. The maximum atomic E-state index is 13.9. The lowest BCUT2D eigenvalue weighted by atomic mass is 9.97. The molecule has 3 aromatic rings. The first-order chi connectivity index (χ1) is 16.4. The number of anilines is 1. The molecule has 0 aliphatic carbocycles. The number of aromatic nitrogens is 1. The van der Waals surface area contributed by atoms with Gasteiger partial charge in [0.05, 0.1) is 11.1 Å². The predicted molar refractivity (Wildman–Crippen MR) is 134 cm³/mol. The Morgan fingerprint density at radius 2 is 1.85 bits per heavy atom. The lowest BCUT2D eigenvalue weighted by molar-refractivity contribution is -0.110. The van der Waals surface area contributed by atoms with Crippen LogP contribution in [0.3, 0.4) is 0 Å². The molecule has 176 valence electrons. The largest absolute Gasteiger partial charge is 0.358 e. The lowest BCUT2D eigenvalue weighted by Crippen LogP contribution is -2.35. The van der Waals surface area contributed by atoms with E-state index in [0.717, 1.165) is 25.2 Å². The molecule has 0 bridgehead atoms. The number of carbonyl (C=O) groups excluding carboxylic acids is 2. The molecule has 0 atom stereocenters. The second-order valence-corrected chi connectivity index (χ2v) is 8.26. The van der Waals surface area contributed by atoms with Gasteiger partial charge in [-0.15, -0.1) is 0 Å². The number of amides is 2. The molecule has 1 aliphatic heterocycles. The van der Waals surface area contributed by atoms with Crippen molar-refractivity contribution in [2.75, 3.05) is 31.5 Å². The number of carbonyl (C=O) groups is 2. The fourth-order valence-electron chi connectivity index (χ4n) is 4.35. The zero-order chi connectivity index (χ0) is 24.2. The first-order valence-electron chi connectivity index (χ1n) is 11.5. The maximum Gasteiger partial charge on any atom is 0.256 e. The van der Waals surface area contributed by atoms with Crippen molar-refractivity contribution in [3.8, 4) is 11.1 Å². The normalized spacial score (nSPS) is 13.9. The van der Waals surface area contributed by atoms with Gasteiger partial charge in [-0.2, -0.15) is 0 Å². The van der Waals surface area contributed by atoms with Gasteiger partial charge in [0.25, 0.3) is 11.8 Å². The topological polar surface area (TPSA) is 77.2 Å². The molecule has 0 fully saturated rings. The van der Waals surface area contributed by atoms with Gasteiger partial charge < -0.3 is 20.5 Å². The minimum Gasteiger partial charge on any atom is -0.358 e. The molecule has 0 radical (unpaired) electrons. The third-order valence-corrected chi connectivity index (χ3v) is 6.17. The molecule has 1 aliphatic rings. The van der Waals surface area contributed by atoms with E-state index < -0.39 is 5.82 Å². The van der Waals surface area contributed by atoms with Gasteiger partial charge >= 0.3 is 0 Å². The summed E-state index contributed by atoms with van der Waals surface area (Å²) in [5, 5.41) is 5.81. The van der Waals surface area contributed by atoms with Crippen LogP contribution in [0.4, 0.5) is 10.1 Å². The fourth-order valence-corrected chi connectivity index (χ4v) is 4.35. The van der Waals surface area contributed by atoms with Crippen molar-refractivity contribution in [2.45, 2.75) is 20.8 Å².